The summed E-state index contributed by atoms with van der Waals surface area (Å²) in [5, 5.41) is 12.5. The van der Waals surface area contributed by atoms with Crippen LogP contribution in [0.2, 0.25) is 5.02 Å². The predicted octanol–water partition coefficient (Wildman–Crippen LogP) is 2.63. The predicted molar refractivity (Wildman–Crippen MR) is 106 cm³/mol. The summed E-state index contributed by atoms with van der Waals surface area (Å²) >= 11 is 5.93. The normalized spacial score (nSPS) is 11.5. The van der Waals surface area contributed by atoms with Gasteiger partial charge in [0.1, 0.15) is 17.5 Å². The summed E-state index contributed by atoms with van der Waals surface area (Å²) in [7, 11) is 1.46. The smallest absolute Gasteiger partial charge is 0.326 e. The highest BCUT2D eigenvalue weighted by Crippen LogP contribution is 2.24. The molecule has 0 spiro atoms. The summed E-state index contributed by atoms with van der Waals surface area (Å²) in [6, 6.07) is 6.89. The molecule has 1 aromatic carbocycles. The van der Waals surface area contributed by atoms with Gasteiger partial charge >= 0.3 is 5.97 Å². The summed E-state index contributed by atoms with van der Waals surface area (Å²) in [4.78, 5) is 36.4. The molecule has 0 aliphatic rings. The zero-order chi connectivity index (χ0) is 20.8. The number of carbonyl (C=O) groups excluding carboxylic acids is 1. The Bertz CT molecular complexity index is 1010. The first-order valence-corrected chi connectivity index (χ1v) is 8.94. The largest absolute Gasteiger partial charge is 0.496 e. The number of nitrogens with zero attached hydrogens (tertiary/aromatic N) is 3. The minimum atomic E-state index is -1.17. The van der Waals surface area contributed by atoms with Crippen molar-refractivity contribution in [2.24, 2.45) is 0 Å². The summed E-state index contributed by atoms with van der Waals surface area (Å²) < 4.78 is 5.24. The van der Waals surface area contributed by atoms with E-state index in [9.17, 15) is 14.7 Å². The lowest BCUT2D eigenvalue weighted by molar-refractivity contribution is -0.139. The summed E-state index contributed by atoms with van der Waals surface area (Å²) in [5.41, 5.74) is 2.00. The number of halogens is 1. The molecule has 1 amide bonds. The van der Waals surface area contributed by atoms with Crippen LogP contribution in [0.15, 0.2) is 55.1 Å². The monoisotopic (exact) mass is 412 g/mol. The van der Waals surface area contributed by atoms with Gasteiger partial charge in [0.2, 0.25) is 0 Å². The van der Waals surface area contributed by atoms with Crippen LogP contribution in [0.4, 0.5) is 0 Å². The number of carboxylic acid groups (broad SMARTS) is 1. The first kappa shape index (κ1) is 20.2. The molecule has 0 saturated carbocycles. The fraction of sp³-hybridized carbons (Fsp3) is 0.150. The fourth-order valence-corrected chi connectivity index (χ4v) is 2.83. The molecule has 2 aromatic heterocycles. The number of aliphatic carboxylic acids is 1. The van der Waals surface area contributed by atoms with Gasteiger partial charge in [-0.25, -0.2) is 4.79 Å². The molecule has 1 atom stereocenters. The van der Waals surface area contributed by atoms with E-state index in [1.807, 2.05) is 0 Å². The second-order valence-electron chi connectivity index (χ2n) is 6.05. The highest BCUT2D eigenvalue weighted by molar-refractivity contribution is 6.30. The molecule has 29 heavy (non-hydrogen) atoms. The molecule has 0 saturated heterocycles. The zero-order valence-electron chi connectivity index (χ0n) is 15.4. The number of rotatable bonds is 7. The highest BCUT2D eigenvalue weighted by atomic mass is 35.5. The van der Waals surface area contributed by atoms with Crippen LogP contribution in [0.1, 0.15) is 16.1 Å². The molecular formula is C20H17ClN4O4. The van der Waals surface area contributed by atoms with E-state index in [0.717, 1.165) is 0 Å². The van der Waals surface area contributed by atoms with E-state index < -0.39 is 17.9 Å². The van der Waals surface area contributed by atoms with Crippen LogP contribution in [0.3, 0.4) is 0 Å². The van der Waals surface area contributed by atoms with E-state index in [2.05, 4.69) is 20.3 Å². The zero-order valence-corrected chi connectivity index (χ0v) is 16.1. The van der Waals surface area contributed by atoms with Crippen LogP contribution in [0, 0.1) is 0 Å². The average Bonchev–Trinajstić information content (AvgIpc) is 2.74. The van der Waals surface area contributed by atoms with Gasteiger partial charge in [0, 0.05) is 35.6 Å². The second-order valence-corrected chi connectivity index (χ2v) is 6.48. The van der Waals surface area contributed by atoms with Gasteiger partial charge in [0.05, 0.1) is 19.0 Å². The van der Waals surface area contributed by atoms with Crippen LogP contribution in [-0.2, 0) is 11.2 Å². The van der Waals surface area contributed by atoms with Crippen molar-refractivity contribution in [3.63, 3.8) is 0 Å². The topological polar surface area (TPSA) is 114 Å². The molecular weight excluding hydrogens is 396 g/mol. The molecule has 0 aliphatic carbocycles. The van der Waals surface area contributed by atoms with Crippen LogP contribution in [-0.4, -0.2) is 45.1 Å². The number of nitrogens with one attached hydrogen (secondary N) is 1. The third-order valence-corrected chi connectivity index (χ3v) is 4.37. The first-order chi connectivity index (χ1) is 14.0. The Morgan fingerprint density at radius 3 is 2.62 bits per heavy atom. The number of carboxylic acids is 1. The van der Waals surface area contributed by atoms with Crippen molar-refractivity contribution < 1.29 is 19.4 Å². The van der Waals surface area contributed by atoms with Crippen molar-refractivity contribution in [1.82, 2.24) is 20.3 Å². The maximum absolute atomic E-state index is 12.5. The van der Waals surface area contributed by atoms with E-state index in [4.69, 9.17) is 16.3 Å². The van der Waals surface area contributed by atoms with Crippen molar-refractivity contribution >= 4 is 23.5 Å². The Morgan fingerprint density at radius 1 is 1.17 bits per heavy atom. The number of amides is 1. The number of pyridine rings is 1. The number of ether oxygens (including phenoxy) is 1. The summed E-state index contributed by atoms with van der Waals surface area (Å²) in [6.45, 7) is 0. The molecule has 9 heteroatoms. The third-order valence-electron chi connectivity index (χ3n) is 4.13. The van der Waals surface area contributed by atoms with Crippen molar-refractivity contribution in [3.05, 3.63) is 71.4 Å². The Balaban J connectivity index is 1.74. The van der Waals surface area contributed by atoms with E-state index in [-0.39, 0.29) is 12.1 Å². The first-order valence-electron chi connectivity index (χ1n) is 8.56. The minimum absolute atomic E-state index is 0.0269. The lowest BCUT2D eigenvalue weighted by Gasteiger charge is -2.16. The molecule has 3 rings (SSSR count). The highest BCUT2D eigenvalue weighted by Gasteiger charge is 2.23. The van der Waals surface area contributed by atoms with E-state index in [1.54, 1.807) is 42.9 Å². The van der Waals surface area contributed by atoms with E-state index in [1.165, 1.54) is 19.4 Å². The SMILES string of the molecule is COc1cc(Cl)ccc1CC(NC(=O)c1ccc(-c2cnccn2)cn1)C(=O)O. The molecule has 0 bridgehead atoms. The number of carbonyl (C=O) groups is 2. The van der Waals surface area contributed by atoms with Gasteiger partial charge in [-0.3, -0.25) is 19.7 Å². The Morgan fingerprint density at radius 2 is 2.00 bits per heavy atom. The lowest BCUT2D eigenvalue weighted by atomic mass is 10.0. The molecule has 148 valence electrons. The molecule has 3 aromatic rings. The van der Waals surface area contributed by atoms with Crippen LogP contribution < -0.4 is 10.1 Å². The summed E-state index contributed by atoms with van der Waals surface area (Å²) in [6.07, 6.45) is 6.20. The van der Waals surface area contributed by atoms with Crippen LogP contribution in [0.5, 0.6) is 5.75 Å². The van der Waals surface area contributed by atoms with Crippen molar-refractivity contribution in [3.8, 4) is 17.0 Å². The maximum Gasteiger partial charge on any atom is 0.326 e. The van der Waals surface area contributed by atoms with Crippen molar-refractivity contribution in [2.45, 2.75) is 12.5 Å². The third kappa shape index (κ3) is 5.05. The van der Waals surface area contributed by atoms with Crippen LogP contribution in [0.25, 0.3) is 11.3 Å². The molecule has 2 heterocycles. The molecule has 0 radical (unpaired) electrons. The Hall–Kier alpha value is -3.52. The lowest BCUT2D eigenvalue weighted by Crippen LogP contribution is -2.42. The van der Waals surface area contributed by atoms with Gasteiger partial charge in [-0.2, -0.15) is 0 Å². The molecule has 0 fully saturated rings. The van der Waals surface area contributed by atoms with E-state index in [0.29, 0.717) is 27.6 Å². The van der Waals surface area contributed by atoms with Crippen molar-refractivity contribution in [2.75, 3.05) is 7.11 Å². The molecule has 2 N–H and O–H groups in total. The minimum Gasteiger partial charge on any atom is -0.496 e. The number of hydrogen-bond acceptors (Lipinski definition) is 6. The number of benzene rings is 1. The molecule has 8 nitrogen and oxygen atoms in total. The maximum atomic E-state index is 12.5. The number of methoxy groups -OCH3 is 1. The van der Waals surface area contributed by atoms with E-state index >= 15 is 0 Å². The summed E-state index contributed by atoms with van der Waals surface area (Å²) in [5.74, 6) is -1.33. The van der Waals surface area contributed by atoms with Gasteiger partial charge in [-0.1, -0.05) is 17.7 Å². The number of aromatic nitrogens is 3. The van der Waals surface area contributed by atoms with Crippen molar-refractivity contribution in [1.29, 1.82) is 0 Å². The van der Waals surface area contributed by atoms with Gasteiger partial charge < -0.3 is 15.2 Å². The standard InChI is InChI=1S/C20H17ClN4O4/c1-29-18-9-14(21)4-2-12(18)8-16(20(27)28)25-19(26)15-5-3-13(10-24-15)17-11-22-6-7-23-17/h2-7,9-11,16H,8H2,1H3,(H,25,26)(H,27,28). The second kappa shape index (κ2) is 9.11. The molecule has 1 unspecified atom stereocenters. The number of hydrogen-bond donors (Lipinski definition) is 2. The average molecular weight is 413 g/mol. The fourth-order valence-electron chi connectivity index (χ4n) is 2.67. The van der Waals surface area contributed by atoms with Gasteiger partial charge in [0.15, 0.2) is 0 Å². The molecule has 0 aliphatic heterocycles. The van der Waals surface area contributed by atoms with Crippen LogP contribution >= 0.6 is 11.6 Å². The Labute approximate surface area is 171 Å². The van der Waals surface area contributed by atoms with Gasteiger partial charge in [-0.15, -0.1) is 0 Å². The quantitative estimate of drug-likeness (QED) is 0.613. The van der Waals surface area contributed by atoms with Gasteiger partial charge in [-0.05, 0) is 29.8 Å². The Kier molecular flexibility index (Phi) is 6.36. The van der Waals surface area contributed by atoms with Gasteiger partial charge in [0.25, 0.3) is 5.91 Å².